The van der Waals surface area contributed by atoms with Gasteiger partial charge in [-0.2, -0.15) is 0 Å². The summed E-state index contributed by atoms with van der Waals surface area (Å²) in [7, 11) is 0. The van der Waals surface area contributed by atoms with E-state index < -0.39 is 23.5 Å². The average Bonchev–Trinajstić information content (AvgIpc) is 3.71. The van der Waals surface area contributed by atoms with E-state index in [1.54, 1.807) is 25.1 Å². The number of aliphatic hydroxyl groups excluding tert-OH is 1. The predicted octanol–water partition coefficient (Wildman–Crippen LogP) is 7.92. The van der Waals surface area contributed by atoms with Gasteiger partial charge in [0.1, 0.15) is 12.4 Å². The second-order valence-corrected chi connectivity index (χ2v) is 13.7. The highest BCUT2D eigenvalue weighted by Crippen LogP contribution is 2.45. The minimum atomic E-state index is -0.959. The molecule has 0 spiro atoms. The lowest BCUT2D eigenvalue weighted by molar-refractivity contribution is -0.117. The minimum Gasteiger partial charge on any atom is -0.503 e. The number of hydrogen-bond acceptors (Lipinski definition) is 10. The highest BCUT2D eigenvalue weighted by atomic mass is 35.5. The Morgan fingerprint density at radius 3 is 2.50 bits per heavy atom. The summed E-state index contributed by atoms with van der Waals surface area (Å²) in [4.78, 5) is 33.8. The van der Waals surface area contributed by atoms with Crippen molar-refractivity contribution in [1.82, 2.24) is 15.2 Å². The molecule has 0 saturated carbocycles. The van der Waals surface area contributed by atoms with Gasteiger partial charge in [0.25, 0.3) is 5.91 Å². The SMILES string of the molecule is Cc1nc(C)c(C(=O)C2=C(O)C(=O)N(c3nnc(SCc4ccc(Cl)cc4)s3)C2c2cccc(OCc3ccccc3)c2)s1. The number of rotatable bonds is 10. The van der Waals surface area contributed by atoms with E-state index in [0.29, 0.717) is 48.6 Å². The van der Waals surface area contributed by atoms with Crippen molar-refractivity contribution < 1.29 is 19.4 Å². The van der Waals surface area contributed by atoms with Gasteiger partial charge in [0.05, 0.1) is 27.2 Å². The Morgan fingerprint density at radius 2 is 1.77 bits per heavy atom. The van der Waals surface area contributed by atoms with Crippen LogP contribution in [-0.4, -0.2) is 32.0 Å². The van der Waals surface area contributed by atoms with E-state index in [9.17, 15) is 14.7 Å². The van der Waals surface area contributed by atoms with Crippen LogP contribution in [0.25, 0.3) is 0 Å². The molecule has 222 valence electrons. The summed E-state index contributed by atoms with van der Waals surface area (Å²) < 4.78 is 6.70. The molecular weight excluding hydrogens is 636 g/mol. The minimum absolute atomic E-state index is 0.0347. The van der Waals surface area contributed by atoms with Crippen LogP contribution < -0.4 is 9.64 Å². The van der Waals surface area contributed by atoms with Gasteiger partial charge in [-0.15, -0.1) is 21.5 Å². The summed E-state index contributed by atoms with van der Waals surface area (Å²) >= 11 is 9.92. The van der Waals surface area contributed by atoms with Gasteiger partial charge in [-0.05, 0) is 54.8 Å². The van der Waals surface area contributed by atoms with Crippen LogP contribution in [-0.2, 0) is 17.2 Å². The van der Waals surface area contributed by atoms with Gasteiger partial charge < -0.3 is 9.84 Å². The predicted molar refractivity (Wildman–Crippen MR) is 174 cm³/mol. The maximum absolute atomic E-state index is 14.0. The number of halogens is 1. The number of anilines is 1. The maximum Gasteiger partial charge on any atom is 0.296 e. The highest BCUT2D eigenvalue weighted by Gasteiger charge is 2.46. The van der Waals surface area contributed by atoms with Crippen LogP contribution in [0.3, 0.4) is 0 Å². The van der Waals surface area contributed by atoms with Gasteiger partial charge in [0.15, 0.2) is 10.1 Å². The Bertz CT molecular complexity index is 1870. The molecule has 0 saturated heterocycles. The van der Waals surface area contributed by atoms with Crippen LogP contribution in [0.15, 0.2) is 94.5 Å². The first-order valence-corrected chi connectivity index (χ1v) is 16.5. The third-order valence-electron chi connectivity index (χ3n) is 6.86. The molecule has 5 aromatic rings. The molecule has 1 aliphatic rings. The van der Waals surface area contributed by atoms with Crippen molar-refractivity contribution in [3.63, 3.8) is 0 Å². The summed E-state index contributed by atoms with van der Waals surface area (Å²) in [5, 5.41) is 21.5. The van der Waals surface area contributed by atoms with E-state index in [-0.39, 0.29) is 10.7 Å². The normalized spacial score (nSPS) is 14.8. The smallest absolute Gasteiger partial charge is 0.296 e. The number of aliphatic hydroxyl groups is 1. The molecular formula is C32H25ClN4O4S3. The average molecular weight is 661 g/mol. The summed E-state index contributed by atoms with van der Waals surface area (Å²) in [5.41, 5.74) is 3.14. The first-order chi connectivity index (χ1) is 21.3. The van der Waals surface area contributed by atoms with Crippen molar-refractivity contribution in [3.8, 4) is 5.75 Å². The monoisotopic (exact) mass is 660 g/mol. The lowest BCUT2D eigenvalue weighted by atomic mass is 9.95. The molecule has 1 unspecified atom stereocenters. The van der Waals surface area contributed by atoms with E-state index in [4.69, 9.17) is 16.3 Å². The molecule has 12 heteroatoms. The fraction of sp³-hybridized carbons (Fsp3) is 0.156. The fourth-order valence-electron chi connectivity index (χ4n) is 4.81. The zero-order valence-corrected chi connectivity index (χ0v) is 26.8. The molecule has 3 aromatic carbocycles. The highest BCUT2D eigenvalue weighted by molar-refractivity contribution is 8.00. The quantitative estimate of drug-likeness (QED) is 0.0915. The number of hydrogen-bond donors (Lipinski definition) is 1. The summed E-state index contributed by atoms with van der Waals surface area (Å²) in [5.74, 6) is -0.617. The van der Waals surface area contributed by atoms with Crippen LogP contribution in [0.4, 0.5) is 5.13 Å². The molecule has 1 amide bonds. The third kappa shape index (κ3) is 6.27. The number of ether oxygens (including phenoxy) is 1. The van der Waals surface area contributed by atoms with E-state index in [1.807, 2.05) is 67.6 Å². The van der Waals surface area contributed by atoms with Crippen LogP contribution in [0.5, 0.6) is 5.75 Å². The fourth-order valence-corrected chi connectivity index (χ4v) is 7.64. The van der Waals surface area contributed by atoms with Gasteiger partial charge >= 0.3 is 0 Å². The number of ketones is 1. The van der Waals surface area contributed by atoms with Gasteiger partial charge in [0.2, 0.25) is 10.9 Å². The number of aromatic nitrogens is 3. The van der Waals surface area contributed by atoms with Crippen molar-refractivity contribution in [1.29, 1.82) is 0 Å². The van der Waals surface area contributed by atoms with Crippen LogP contribution in [0.1, 0.15) is 43.1 Å². The second kappa shape index (κ2) is 12.9. The van der Waals surface area contributed by atoms with E-state index in [2.05, 4.69) is 15.2 Å². The van der Waals surface area contributed by atoms with Crippen LogP contribution in [0, 0.1) is 13.8 Å². The molecule has 1 aliphatic heterocycles. The van der Waals surface area contributed by atoms with Crippen LogP contribution in [0.2, 0.25) is 5.02 Å². The Kier molecular flexibility index (Phi) is 8.81. The number of aryl methyl sites for hydroxylation is 2. The number of carbonyl (C=O) groups excluding carboxylic acids is 2. The zero-order chi connectivity index (χ0) is 30.8. The largest absolute Gasteiger partial charge is 0.503 e. The molecule has 0 fully saturated rings. The first kappa shape index (κ1) is 30.0. The molecule has 3 heterocycles. The molecule has 44 heavy (non-hydrogen) atoms. The molecule has 1 N–H and O–H groups in total. The van der Waals surface area contributed by atoms with E-state index >= 15 is 0 Å². The molecule has 0 bridgehead atoms. The molecule has 1 atom stereocenters. The van der Waals surface area contributed by atoms with Crippen molar-refractivity contribution >= 4 is 62.9 Å². The van der Waals surface area contributed by atoms with Crippen molar-refractivity contribution in [3.05, 3.63) is 127 Å². The number of thiazole rings is 1. The molecule has 0 aliphatic carbocycles. The molecule has 8 nitrogen and oxygen atoms in total. The number of nitrogens with zero attached hydrogens (tertiary/aromatic N) is 4. The zero-order valence-electron chi connectivity index (χ0n) is 23.6. The Balaban J connectivity index is 1.34. The van der Waals surface area contributed by atoms with Gasteiger partial charge in [-0.25, -0.2) is 4.98 Å². The van der Waals surface area contributed by atoms with E-state index in [1.165, 1.54) is 39.3 Å². The van der Waals surface area contributed by atoms with Crippen molar-refractivity contribution in [2.45, 2.75) is 36.6 Å². The van der Waals surface area contributed by atoms with Gasteiger partial charge in [-0.3, -0.25) is 14.5 Å². The molecule has 0 radical (unpaired) electrons. The summed E-state index contributed by atoms with van der Waals surface area (Å²) in [6.07, 6.45) is 0. The Morgan fingerprint density at radius 1 is 1.00 bits per heavy atom. The van der Waals surface area contributed by atoms with Gasteiger partial charge in [-0.1, -0.05) is 89.3 Å². The standard InChI is InChI=1S/C32H25ClN4O4S3/c1-18-29(43-19(2)34-18)27(38)25-26(22-9-6-10-24(15-22)41-16-20-7-4-3-5-8-20)37(30(40)28(25)39)31-35-36-32(44-31)42-17-21-11-13-23(33)14-12-21/h3-15,26,39H,16-17H2,1-2H3. The lowest BCUT2D eigenvalue weighted by Crippen LogP contribution is -2.31. The van der Waals surface area contributed by atoms with E-state index in [0.717, 1.165) is 11.1 Å². The number of benzene rings is 3. The Labute approximate surface area is 271 Å². The van der Waals surface area contributed by atoms with Crippen molar-refractivity contribution in [2.75, 3.05) is 4.90 Å². The number of amides is 1. The van der Waals surface area contributed by atoms with Crippen molar-refractivity contribution in [2.24, 2.45) is 0 Å². The summed E-state index contributed by atoms with van der Waals surface area (Å²) in [6, 6.07) is 23.5. The Hall–Kier alpha value is -4.03. The summed E-state index contributed by atoms with van der Waals surface area (Å²) in [6.45, 7) is 3.89. The van der Waals surface area contributed by atoms with Gasteiger partial charge in [0, 0.05) is 10.8 Å². The van der Waals surface area contributed by atoms with Crippen LogP contribution >= 0.6 is 46.0 Å². The molecule has 6 rings (SSSR count). The second-order valence-electron chi connectivity index (χ2n) is 9.93. The first-order valence-electron chi connectivity index (χ1n) is 13.5. The topological polar surface area (TPSA) is 106 Å². The number of thioether (sulfide) groups is 1. The lowest BCUT2D eigenvalue weighted by Gasteiger charge is -2.24. The number of carbonyl (C=O) groups is 2. The molecule has 2 aromatic heterocycles. The third-order valence-corrected chi connectivity index (χ3v) is 10.3. The maximum atomic E-state index is 14.0. The number of Topliss-reactive ketones (excluding diaryl/α,β-unsaturated/α-hetero) is 1.